The van der Waals surface area contributed by atoms with Crippen LogP contribution in [0.15, 0.2) is 30.5 Å². The summed E-state index contributed by atoms with van der Waals surface area (Å²) in [5.41, 5.74) is 1.29. The van der Waals surface area contributed by atoms with Gasteiger partial charge in [-0.2, -0.15) is 0 Å². The summed E-state index contributed by atoms with van der Waals surface area (Å²) in [5.74, 6) is 0.955. The van der Waals surface area contributed by atoms with E-state index in [4.69, 9.17) is 4.74 Å². The molecule has 0 aliphatic heterocycles. The fourth-order valence-electron chi connectivity index (χ4n) is 2.52. The van der Waals surface area contributed by atoms with E-state index in [9.17, 15) is 0 Å². The zero-order valence-electron chi connectivity index (χ0n) is 13.7. The Morgan fingerprint density at radius 1 is 1.10 bits per heavy atom. The number of unbranched alkanes of at least 4 members (excludes halogenated alkanes) is 1. The SMILES string of the molecule is CC(C)NCCCCn1ccc2cc(OC(C)C)ccc21. The minimum Gasteiger partial charge on any atom is -0.491 e. The lowest BCUT2D eigenvalue weighted by molar-refractivity contribution is 0.243. The highest BCUT2D eigenvalue weighted by Gasteiger charge is 2.04. The van der Waals surface area contributed by atoms with E-state index in [2.05, 4.69) is 68.0 Å². The Hall–Kier alpha value is -1.48. The second-order valence-electron chi connectivity index (χ2n) is 6.21. The maximum atomic E-state index is 5.75. The van der Waals surface area contributed by atoms with Gasteiger partial charge in [0, 0.05) is 29.7 Å². The molecule has 0 amide bonds. The normalized spacial score (nSPS) is 11.7. The number of aromatic nitrogens is 1. The molecule has 0 radical (unpaired) electrons. The van der Waals surface area contributed by atoms with Gasteiger partial charge in [0.1, 0.15) is 5.75 Å². The molecular weight excluding hydrogens is 260 g/mol. The molecule has 1 heterocycles. The van der Waals surface area contributed by atoms with Crippen LogP contribution in [0.3, 0.4) is 0 Å². The van der Waals surface area contributed by atoms with Gasteiger partial charge in [-0.3, -0.25) is 0 Å². The standard InChI is InChI=1S/C18H28N2O/c1-14(2)19-10-5-6-11-20-12-9-16-13-17(21-15(3)4)7-8-18(16)20/h7-9,12-15,19H,5-6,10-11H2,1-4H3. The number of nitrogens with one attached hydrogen (secondary N) is 1. The molecule has 0 aliphatic carbocycles. The highest BCUT2D eigenvalue weighted by atomic mass is 16.5. The van der Waals surface area contributed by atoms with E-state index in [-0.39, 0.29) is 6.10 Å². The Morgan fingerprint density at radius 2 is 1.90 bits per heavy atom. The Kier molecular flexibility index (Phi) is 5.68. The molecule has 1 N–H and O–H groups in total. The van der Waals surface area contributed by atoms with Crippen LogP contribution in [0.2, 0.25) is 0 Å². The first kappa shape index (κ1) is 15.9. The van der Waals surface area contributed by atoms with Crippen LogP contribution in [0.1, 0.15) is 40.5 Å². The van der Waals surface area contributed by atoms with Gasteiger partial charge < -0.3 is 14.6 Å². The van der Waals surface area contributed by atoms with Gasteiger partial charge in [0.25, 0.3) is 0 Å². The largest absolute Gasteiger partial charge is 0.491 e. The summed E-state index contributed by atoms with van der Waals surface area (Å²) in [4.78, 5) is 0. The van der Waals surface area contributed by atoms with E-state index >= 15 is 0 Å². The molecule has 0 bridgehead atoms. The fraction of sp³-hybridized carbons (Fsp3) is 0.556. The quantitative estimate of drug-likeness (QED) is 0.737. The molecule has 2 aromatic rings. The molecule has 0 fully saturated rings. The monoisotopic (exact) mass is 288 g/mol. The van der Waals surface area contributed by atoms with Crippen LogP contribution in [-0.4, -0.2) is 23.3 Å². The van der Waals surface area contributed by atoms with E-state index in [1.165, 1.54) is 23.7 Å². The average Bonchev–Trinajstić information content (AvgIpc) is 2.80. The third-order valence-electron chi connectivity index (χ3n) is 3.49. The van der Waals surface area contributed by atoms with E-state index in [0.29, 0.717) is 6.04 Å². The summed E-state index contributed by atoms with van der Waals surface area (Å²) in [6.07, 6.45) is 4.82. The Labute approximate surface area is 128 Å². The van der Waals surface area contributed by atoms with Gasteiger partial charge in [-0.1, -0.05) is 13.8 Å². The Morgan fingerprint density at radius 3 is 2.62 bits per heavy atom. The minimum atomic E-state index is 0.220. The van der Waals surface area contributed by atoms with Crippen molar-refractivity contribution < 1.29 is 4.74 Å². The lowest BCUT2D eigenvalue weighted by atomic mass is 10.2. The molecule has 2 rings (SSSR count). The summed E-state index contributed by atoms with van der Waals surface area (Å²) in [5, 5.41) is 4.72. The molecule has 0 spiro atoms. The molecule has 0 saturated carbocycles. The van der Waals surface area contributed by atoms with Crippen molar-refractivity contribution in [2.75, 3.05) is 6.54 Å². The van der Waals surface area contributed by atoms with Gasteiger partial charge in [0.2, 0.25) is 0 Å². The zero-order valence-corrected chi connectivity index (χ0v) is 13.7. The second kappa shape index (κ2) is 7.51. The van der Waals surface area contributed by atoms with Gasteiger partial charge >= 0.3 is 0 Å². The van der Waals surface area contributed by atoms with Gasteiger partial charge in [0.05, 0.1) is 6.10 Å². The van der Waals surface area contributed by atoms with Crippen molar-refractivity contribution in [2.45, 2.75) is 59.2 Å². The predicted molar refractivity (Wildman–Crippen MR) is 90.1 cm³/mol. The lowest BCUT2D eigenvalue weighted by Gasteiger charge is -2.11. The number of ether oxygens (including phenoxy) is 1. The third kappa shape index (κ3) is 4.78. The highest BCUT2D eigenvalue weighted by molar-refractivity contribution is 5.81. The lowest BCUT2D eigenvalue weighted by Crippen LogP contribution is -2.23. The molecule has 0 unspecified atom stereocenters. The van der Waals surface area contributed by atoms with E-state index in [0.717, 1.165) is 18.8 Å². The number of rotatable bonds is 8. The smallest absolute Gasteiger partial charge is 0.120 e. The number of aryl methyl sites for hydroxylation is 1. The van der Waals surface area contributed by atoms with Crippen molar-refractivity contribution in [3.05, 3.63) is 30.5 Å². The van der Waals surface area contributed by atoms with Crippen LogP contribution in [0.5, 0.6) is 5.75 Å². The first-order valence-electron chi connectivity index (χ1n) is 8.05. The summed E-state index contributed by atoms with van der Waals surface area (Å²) < 4.78 is 8.09. The maximum Gasteiger partial charge on any atom is 0.120 e. The van der Waals surface area contributed by atoms with Crippen molar-refractivity contribution in [1.82, 2.24) is 9.88 Å². The van der Waals surface area contributed by atoms with Gasteiger partial charge in [-0.15, -0.1) is 0 Å². The fourth-order valence-corrected chi connectivity index (χ4v) is 2.52. The molecular formula is C18H28N2O. The van der Waals surface area contributed by atoms with Crippen molar-refractivity contribution in [1.29, 1.82) is 0 Å². The number of hydrogen-bond acceptors (Lipinski definition) is 2. The average molecular weight is 288 g/mol. The van der Waals surface area contributed by atoms with Crippen molar-refractivity contribution in [2.24, 2.45) is 0 Å². The van der Waals surface area contributed by atoms with Crippen LogP contribution >= 0.6 is 0 Å². The predicted octanol–water partition coefficient (Wildman–Crippen LogP) is 4.21. The molecule has 116 valence electrons. The number of hydrogen-bond donors (Lipinski definition) is 1. The van der Waals surface area contributed by atoms with Crippen LogP contribution in [0, 0.1) is 0 Å². The maximum absolute atomic E-state index is 5.75. The molecule has 3 nitrogen and oxygen atoms in total. The molecule has 21 heavy (non-hydrogen) atoms. The summed E-state index contributed by atoms with van der Waals surface area (Å²) >= 11 is 0. The van der Waals surface area contributed by atoms with Crippen molar-refractivity contribution >= 4 is 10.9 Å². The highest BCUT2D eigenvalue weighted by Crippen LogP contribution is 2.23. The van der Waals surface area contributed by atoms with Crippen molar-refractivity contribution in [3.8, 4) is 5.75 Å². The van der Waals surface area contributed by atoms with Gasteiger partial charge in [-0.05, 0) is 57.5 Å². The number of fused-ring (bicyclic) bond motifs is 1. The van der Waals surface area contributed by atoms with E-state index in [1.54, 1.807) is 0 Å². The second-order valence-corrected chi connectivity index (χ2v) is 6.21. The molecule has 1 aromatic carbocycles. The van der Waals surface area contributed by atoms with Crippen LogP contribution in [0.4, 0.5) is 0 Å². The third-order valence-corrected chi connectivity index (χ3v) is 3.49. The Balaban J connectivity index is 1.92. The molecule has 3 heteroatoms. The van der Waals surface area contributed by atoms with E-state index < -0.39 is 0 Å². The topological polar surface area (TPSA) is 26.2 Å². The summed E-state index contributed by atoms with van der Waals surface area (Å²) in [6, 6.07) is 9.12. The van der Waals surface area contributed by atoms with Crippen LogP contribution in [0.25, 0.3) is 10.9 Å². The Bertz CT molecular complexity index is 557. The molecule has 0 atom stereocenters. The van der Waals surface area contributed by atoms with Crippen molar-refractivity contribution in [3.63, 3.8) is 0 Å². The number of benzene rings is 1. The minimum absolute atomic E-state index is 0.220. The first-order chi connectivity index (χ1) is 10.1. The van der Waals surface area contributed by atoms with Gasteiger partial charge in [0.15, 0.2) is 0 Å². The van der Waals surface area contributed by atoms with Crippen LogP contribution < -0.4 is 10.1 Å². The molecule has 0 saturated heterocycles. The summed E-state index contributed by atoms with van der Waals surface area (Å²) in [7, 11) is 0. The molecule has 1 aromatic heterocycles. The van der Waals surface area contributed by atoms with E-state index in [1.807, 2.05) is 0 Å². The summed E-state index contributed by atoms with van der Waals surface area (Å²) in [6.45, 7) is 10.7. The number of nitrogens with zero attached hydrogens (tertiary/aromatic N) is 1. The molecule has 0 aliphatic rings. The van der Waals surface area contributed by atoms with Gasteiger partial charge in [-0.25, -0.2) is 0 Å². The first-order valence-corrected chi connectivity index (χ1v) is 8.05. The van der Waals surface area contributed by atoms with Crippen LogP contribution in [-0.2, 0) is 6.54 Å². The zero-order chi connectivity index (χ0) is 15.2.